The predicted molar refractivity (Wildman–Crippen MR) is 141 cm³/mol. The van der Waals surface area contributed by atoms with Gasteiger partial charge < -0.3 is 19.1 Å². The topological polar surface area (TPSA) is 93.0 Å². The average molecular weight is 479 g/mol. The first-order chi connectivity index (χ1) is 17.4. The van der Waals surface area contributed by atoms with Crippen LogP contribution < -0.4 is 4.74 Å². The number of para-hydroxylation sites is 1. The number of aryl methyl sites for hydroxylation is 2. The van der Waals surface area contributed by atoms with Crippen LogP contribution in [0.15, 0.2) is 53.2 Å². The van der Waals surface area contributed by atoms with Gasteiger partial charge in [-0.05, 0) is 52.2 Å². The zero-order valence-corrected chi connectivity index (χ0v) is 20.9. The van der Waals surface area contributed by atoms with Crippen molar-refractivity contribution in [1.82, 2.24) is 30.0 Å². The second-order valence-electron chi connectivity index (χ2n) is 9.25. The highest BCUT2D eigenvalue weighted by Gasteiger charge is 2.22. The summed E-state index contributed by atoms with van der Waals surface area (Å²) in [6.07, 6.45) is 1.84. The molecule has 0 saturated carbocycles. The minimum atomic E-state index is 0.620. The third kappa shape index (κ3) is 3.49. The van der Waals surface area contributed by atoms with Gasteiger partial charge in [0.05, 0.1) is 41.5 Å². The molecule has 6 aromatic rings. The number of rotatable bonds is 5. The smallest absolute Gasteiger partial charge is 0.145 e. The average Bonchev–Trinajstić information content (AvgIpc) is 3.39. The van der Waals surface area contributed by atoms with Crippen molar-refractivity contribution in [3.63, 3.8) is 0 Å². The molecule has 0 fully saturated rings. The van der Waals surface area contributed by atoms with Crippen LogP contribution in [0.4, 0.5) is 0 Å². The molecule has 0 aliphatic rings. The summed E-state index contributed by atoms with van der Waals surface area (Å²) in [5, 5.41) is 7.13. The van der Waals surface area contributed by atoms with Crippen molar-refractivity contribution in [2.45, 2.75) is 20.4 Å². The summed E-state index contributed by atoms with van der Waals surface area (Å²) >= 11 is 0. The zero-order valence-electron chi connectivity index (χ0n) is 20.9. The number of H-pyrrole nitrogens is 1. The van der Waals surface area contributed by atoms with E-state index in [1.165, 1.54) is 0 Å². The van der Waals surface area contributed by atoms with Gasteiger partial charge in [-0.1, -0.05) is 23.4 Å². The summed E-state index contributed by atoms with van der Waals surface area (Å²) in [5.74, 6) is 2.23. The summed E-state index contributed by atoms with van der Waals surface area (Å²) in [5.41, 5.74) is 7.21. The molecule has 0 aliphatic heterocycles. The quantitative estimate of drug-likeness (QED) is 0.341. The number of aromatic nitrogens is 5. The molecule has 2 aromatic carbocycles. The molecule has 0 atom stereocenters. The van der Waals surface area contributed by atoms with Crippen LogP contribution in [0.2, 0.25) is 0 Å². The maximum Gasteiger partial charge on any atom is 0.145 e. The number of benzene rings is 2. The number of nitrogens with one attached hydrogen (secondary N) is 1. The molecule has 0 saturated heterocycles. The van der Waals surface area contributed by atoms with Gasteiger partial charge in [-0.25, -0.2) is 9.97 Å². The van der Waals surface area contributed by atoms with E-state index in [1.807, 2.05) is 58.4 Å². The number of aromatic amines is 1. The Kier molecular flexibility index (Phi) is 5.19. The van der Waals surface area contributed by atoms with Gasteiger partial charge in [-0.3, -0.25) is 4.98 Å². The van der Waals surface area contributed by atoms with Crippen molar-refractivity contribution in [2.24, 2.45) is 0 Å². The van der Waals surface area contributed by atoms with E-state index in [1.54, 1.807) is 7.11 Å². The highest BCUT2D eigenvalue weighted by atomic mass is 16.5. The first-order valence-corrected chi connectivity index (χ1v) is 11.8. The predicted octanol–water partition coefficient (Wildman–Crippen LogP) is 5.67. The maximum atomic E-state index is 5.86. The lowest BCUT2D eigenvalue weighted by Gasteiger charge is -2.12. The third-order valence-corrected chi connectivity index (χ3v) is 6.48. The summed E-state index contributed by atoms with van der Waals surface area (Å²) in [6, 6.07) is 14.3. The highest BCUT2D eigenvalue weighted by Crippen LogP contribution is 2.42. The highest BCUT2D eigenvalue weighted by molar-refractivity contribution is 6.15. The first-order valence-electron chi connectivity index (χ1n) is 11.8. The van der Waals surface area contributed by atoms with Gasteiger partial charge in [-0.2, -0.15) is 0 Å². The van der Waals surface area contributed by atoms with E-state index in [0.29, 0.717) is 6.54 Å². The lowest BCUT2D eigenvalue weighted by molar-refractivity contribution is 0.391. The largest absolute Gasteiger partial charge is 0.496 e. The van der Waals surface area contributed by atoms with Crippen LogP contribution in [-0.2, 0) is 6.54 Å². The van der Waals surface area contributed by atoms with Crippen LogP contribution in [0.25, 0.3) is 55.2 Å². The lowest BCUT2D eigenvalue weighted by atomic mass is 9.99. The Bertz CT molecular complexity index is 1740. The molecular formula is C28H26N6O2. The second-order valence-corrected chi connectivity index (χ2v) is 9.25. The van der Waals surface area contributed by atoms with Gasteiger partial charge >= 0.3 is 0 Å². The van der Waals surface area contributed by atoms with E-state index in [2.05, 4.69) is 38.2 Å². The molecule has 4 heterocycles. The Morgan fingerprint density at radius 2 is 1.83 bits per heavy atom. The number of hydrogen-bond acceptors (Lipinski definition) is 7. The molecule has 0 amide bonds. The maximum absolute atomic E-state index is 5.86. The Labute approximate surface area is 207 Å². The summed E-state index contributed by atoms with van der Waals surface area (Å²) < 4.78 is 11.3. The summed E-state index contributed by atoms with van der Waals surface area (Å²) in [7, 11) is 5.71. The summed E-state index contributed by atoms with van der Waals surface area (Å²) in [4.78, 5) is 20.2. The van der Waals surface area contributed by atoms with E-state index in [0.717, 1.165) is 78.3 Å². The molecule has 0 aliphatic carbocycles. The van der Waals surface area contributed by atoms with E-state index in [-0.39, 0.29) is 0 Å². The number of fused-ring (bicyclic) bond motifs is 4. The number of methoxy groups -OCH3 is 1. The lowest BCUT2D eigenvalue weighted by Crippen LogP contribution is -2.13. The van der Waals surface area contributed by atoms with Crippen LogP contribution in [0.1, 0.15) is 17.3 Å². The standard InChI is InChI=1S/C28H26N6O2/c1-15-25(16(2)36-33-15)20-12-22-19(13-23(20)35-5)26-27(31-24(14-34(3)4)32-28(26)30-22)18-10-11-29-21-9-7-6-8-17(18)21/h6-13H,14H2,1-5H3,(H,30,31,32). The molecule has 0 bridgehead atoms. The van der Waals surface area contributed by atoms with Gasteiger partial charge in [0.15, 0.2) is 0 Å². The van der Waals surface area contributed by atoms with Crippen LogP contribution in [0.3, 0.4) is 0 Å². The van der Waals surface area contributed by atoms with E-state index < -0.39 is 0 Å². The van der Waals surface area contributed by atoms with Gasteiger partial charge in [0, 0.05) is 33.6 Å². The van der Waals surface area contributed by atoms with Crippen LogP contribution in [-0.4, -0.2) is 51.2 Å². The Hall–Kier alpha value is -4.30. The fourth-order valence-electron chi connectivity index (χ4n) is 4.95. The molecule has 1 N–H and O–H groups in total. The van der Waals surface area contributed by atoms with E-state index in [9.17, 15) is 0 Å². The Morgan fingerprint density at radius 1 is 1.00 bits per heavy atom. The van der Waals surface area contributed by atoms with Crippen molar-refractivity contribution in [2.75, 3.05) is 21.2 Å². The molecule has 8 nitrogen and oxygen atoms in total. The van der Waals surface area contributed by atoms with E-state index >= 15 is 0 Å². The van der Waals surface area contributed by atoms with Gasteiger partial charge in [0.25, 0.3) is 0 Å². The van der Waals surface area contributed by atoms with Crippen molar-refractivity contribution in [1.29, 1.82) is 0 Å². The monoisotopic (exact) mass is 478 g/mol. The number of ether oxygens (including phenoxy) is 1. The molecule has 180 valence electrons. The molecule has 0 spiro atoms. The van der Waals surface area contributed by atoms with Crippen molar-refractivity contribution in [3.05, 3.63) is 65.9 Å². The van der Waals surface area contributed by atoms with Crippen molar-refractivity contribution >= 4 is 32.8 Å². The number of hydrogen-bond donors (Lipinski definition) is 1. The molecular weight excluding hydrogens is 452 g/mol. The minimum absolute atomic E-state index is 0.620. The third-order valence-electron chi connectivity index (χ3n) is 6.48. The molecule has 6 rings (SSSR count). The van der Waals surface area contributed by atoms with Crippen LogP contribution in [0, 0.1) is 13.8 Å². The molecule has 0 radical (unpaired) electrons. The van der Waals surface area contributed by atoms with E-state index in [4.69, 9.17) is 19.2 Å². The molecule has 36 heavy (non-hydrogen) atoms. The first kappa shape index (κ1) is 22.2. The second kappa shape index (κ2) is 8.42. The van der Waals surface area contributed by atoms with Crippen LogP contribution >= 0.6 is 0 Å². The number of pyridine rings is 1. The fraction of sp³-hybridized carbons (Fsp3) is 0.214. The molecule has 4 aromatic heterocycles. The van der Waals surface area contributed by atoms with Gasteiger partial charge in [0.1, 0.15) is 23.0 Å². The van der Waals surface area contributed by atoms with Crippen molar-refractivity contribution in [3.8, 4) is 28.1 Å². The van der Waals surface area contributed by atoms with Crippen molar-refractivity contribution < 1.29 is 9.26 Å². The van der Waals surface area contributed by atoms with Gasteiger partial charge in [0.2, 0.25) is 0 Å². The summed E-state index contributed by atoms with van der Waals surface area (Å²) in [6.45, 7) is 4.47. The van der Waals surface area contributed by atoms with Gasteiger partial charge in [-0.15, -0.1) is 0 Å². The number of nitrogens with zero attached hydrogens (tertiary/aromatic N) is 5. The Balaban J connectivity index is 1.71. The normalized spacial score (nSPS) is 11.8. The Morgan fingerprint density at radius 3 is 2.58 bits per heavy atom. The SMILES string of the molecule is COc1cc2c(cc1-c1c(C)noc1C)[nH]c1nc(CN(C)C)nc(-c3ccnc4ccccc34)c12. The molecule has 0 unspecified atom stereocenters. The minimum Gasteiger partial charge on any atom is -0.496 e. The fourth-order valence-corrected chi connectivity index (χ4v) is 4.95. The van der Waals surface area contributed by atoms with Crippen LogP contribution in [0.5, 0.6) is 5.75 Å². The zero-order chi connectivity index (χ0) is 25.0. The molecule has 8 heteroatoms.